The van der Waals surface area contributed by atoms with Crippen molar-refractivity contribution < 1.29 is 23.5 Å². The van der Waals surface area contributed by atoms with E-state index in [-0.39, 0.29) is 18.5 Å². The lowest BCUT2D eigenvalue weighted by atomic mass is 9.98. The van der Waals surface area contributed by atoms with Gasteiger partial charge in [-0.15, -0.1) is 0 Å². The Labute approximate surface area is 161 Å². The largest absolute Gasteiger partial charge is 0.461 e. The highest BCUT2D eigenvalue weighted by atomic mass is 19.1. The standard InChI is InChI=1S/C21H32FNO4/c1-5-17(19(24)26-15-16-10-7-6-8-11-16)12-9-13-18(14-22)23-20(25)27-21(2,3)4/h6-8,10-11,17-18H,5,9,12-15H2,1-4H3,(H,23,25). The van der Waals surface area contributed by atoms with Crippen molar-refractivity contribution in [3.63, 3.8) is 0 Å². The van der Waals surface area contributed by atoms with Gasteiger partial charge in [-0.05, 0) is 45.6 Å². The summed E-state index contributed by atoms with van der Waals surface area (Å²) in [5.74, 6) is -0.464. The number of rotatable bonds is 10. The number of alkyl carbamates (subject to hydrolysis) is 1. The number of carbonyl (C=O) groups is 2. The third kappa shape index (κ3) is 9.97. The van der Waals surface area contributed by atoms with Gasteiger partial charge in [0.1, 0.15) is 18.9 Å². The van der Waals surface area contributed by atoms with Crippen molar-refractivity contribution in [3.05, 3.63) is 35.9 Å². The summed E-state index contributed by atoms with van der Waals surface area (Å²) < 4.78 is 23.7. The van der Waals surface area contributed by atoms with Crippen LogP contribution < -0.4 is 5.32 Å². The van der Waals surface area contributed by atoms with Gasteiger partial charge in [-0.3, -0.25) is 4.79 Å². The van der Waals surface area contributed by atoms with E-state index in [9.17, 15) is 14.0 Å². The molecule has 0 aliphatic rings. The Hall–Kier alpha value is -2.11. The molecule has 0 saturated heterocycles. The average molecular weight is 381 g/mol. The SMILES string of the molecule is CCC(CCCC(CF)NC(=O)OC(C)(C)C)C(=O)OCc1ccccc1. The summed E-state index contributed by atoms with van der Waals surface area (Å²) in [5, 5.41) is 2.54. The second kappa shape index (κ2) is 11.6. The fraction of sp³-hybridized carbons (Fsp3) is 0.619. The fourth-order valence-electron chi connectivity index (χ4n) is 2.61. The highest BCUT2D eigenvalue weighted by molar-refractivity contribution is 5.72. The molecule has 2 atom stereocenters. The number of amides is 1. The minimum Gasteiger partial charge on any atom is -0.461 e. The lowest BCUT2D eigenvalue weighted by molar-refractivity contribution is -0.150. The van der Waals surface area contributed by atoms with Gasteiger partial charge in [0.15, 0.2) is 0 Å². The van der Waals surface area contributed by atoms with Gasteiger partial charge in [-0.2, -0.15) is 0 Å². The van der Waals surface area contributed by atoms with Gasteiger partial charge in [0.2, 0.25) is 0 Å². The molecule has 1 aromatic carbocycles. The molecule has 2 unspecified atom stereocenters. The summed E-state index contributed by atoms with van der Waals surface area (Å²) >= 11 is 0. The summed E-state index contributed by atoms with van der Waals surface area (Å²) in [4.78, 5) is 24.0. The number of esters is 1. The van der Waals surface area contributed by atoms with Crippen molar-refractivity contribution in [1.29, 1.82) is 0 Å². The van der Waals surface area contributed by atoms with Crippen LogP contribution in [0.15, 0.2) is 30.3 Å². The number of carbonyl (C=O) groups excluding carboxylic acids is 2. The van der Waals surface area contributed by atoms with E-state index in [1.165, 1.54) is 0 Å². The maximum Gasteiger partial charge on any atom is 0.407 e. The van der Waals surface area contributed by atoms with Crippen molar-refractivity contribution >= 4 is 12.1 Å². The number of hydrogen-bond acceptors (Lipinski definition) is 4. The molecule has 0 saturated carbocycles. The first kappa shape index (κ1) is 22.9. The zero-order chi connectivity index (χ0) is 20.3. The molecule has 0 spiro atoms. The van der Waals surface area contributed by atoms with Gasteiger partial charge < -0.3 is 14.8 Å². The number of nitrogens with one attached hydrogen (secondary N) is 1. The fourth-order valence-corrected chi connectivity index (χ4v) is 2.61. The Morgan fingerprint density at radius 3 is 2.37 bits per heavy atom. The van der Waals surface area contributed by atoms with Gasteiger partial charge in [-0.1, -0.05) is 43.7 Å². The van der Waals surface area contributed by atoms with Crippen molar-refractivity contribution in [2.75, 3.05) is 6.67 Å². The van der Waals surface area contributed by atoms with Crippen LogP contribution in [0, 0.1) is 5.92 Å². The highest BCUT2D eigenvalue weighted by Crippen LogP contribution is 2.17. The second-order valence-electron chi connectivity index (χ2n) is 7.63. The minimum atomic E-state index is -0.672. The molecule has 0 aliphatic heterocycles. The Kier molecular flexibility index (Phi) is 9.83. The van der Waals surface area contributed by atoms with Crippen LogP contribution >= 0.6 is 0 Å². The van der Waals surface area contributed by atoms with Gasteiger partial charge >= 0.3 is 12.1 Å². The number of alkyl halides is 1. The van der Waals surface area contributed by atoms with Crippen molar-refractivity contribution in [3.8, 4) is 0 Å². The zero-order valence-electron chi connectivity index (χ0n) is 16.8. The molecule has 0 radical (unpaired) electrons. The van der Waals surface area contributed by atoms with Crippen LogP contribution in [0.4, 0.5) is 9.18 Å². The molecule has 1 aromatic rings. The monoisotopic (exact) mass is 381 g/mol. The lowest BCUT2D eigenvalue weighted by Gasteiger charge is -2.22. The van der Waals surface area contributed by atoms with E-state index < -0.39 is 24.4 Å². The van der Waals surface area contributed by atoms with E-state index in [1.54, 1.807) is 20.8 Å². The Morgan fingerprint density at radius 2 is 1.81 bits per heavy atom. The molecule has 1 amide bonds. The number of halogens is 1. The van der Waals surface area contributed by atoms with Crippen LogP contribution in [-0.2, 0) is 20.9 Å². The molecule has 5 nitrogen and oxygen atoms in total. The number of hydrogen-bond donors (Lipinski definition) is 1. The zero-order valence-corrected chi connectivity index (χ0v) is 16.8. The summed E-state index contributed by atoms with van der Waals surface area (Å²) in [7, 11) is 0. The molecule has 6 heteroatoms. The molecular formula is C21H32FNO4. The number of ether oxygens (including phenoxy) is 2. The molecule has 1 N–H and O–H groups in total. The third-order valence-corrected chi connectivity index (χ3v) is 4.06. The molecule has 0 bridgehead atoms. The van der Waals surface area contributed by atoms with Crippen LogP contribution in [0.3, 0.4) is 0 Å². The lowest BCUT2D eigenvalue weighted by Crippen LogP contribution is -2.40. The Bertz CT molecular complexity index is 571. The first-order chi connectivity index (χ1) is 12.7. The van der Waals surface area contributed by atoms with E-state index in [2.05, 4.69) is 5.32 Å². The smallest absolute Gasteiger partial charge is 0.407 e. The predicted octanol–water partition coefficient (Wildman–Crippen LogP) is 4.79. The quantitative estimate of drug-likeness (QED) is 0.592. The molecule has 1 rings (SSSR count). The highest BCUT2D eigenvalue weighted by Gasteiger charge is 2.21. The maximum absolute atomic E-state index is 13.2. The van der Waals surface area contributed by atoms with E-state index in [4.69, 9.17) is 9.47 Å². The second-order valence-corrected chi connectivity index (χ2v) is 7.63. The normalized spacial score (nSPS) is 13.5. The molecule has 0 fully saturated rings. The Balaban J connectivity index is 2.37. The van der Waals surface area contributed by atoms with Crippen molar-refractivity contribution in [1.82, 2.24) is 5.32 Å². The van der Waals surface area contributed by atoms with Gasteiger partial charge in [0, 0.05) is 0 Å². The van der Waals surface area contributed by atoms with Gasteiger partial charge in [0.25, 0.3) is 0 Å². The molecule has 27 heavy (non-hydrogen) atoms. The topological polar surface area (TPSA) is 64.6 Å². The maximum atomic E-state index is 13.2. The first-order valence-corrected chi connectivity index (χ1v) is 9.51. The first-order valence-electron chi connectivity index (χ1n) is 9.51. The molecule has 0 heterocycles. The van der Waals surface area contributed by atoms with E-state index in [0.717, 1.165) is 5.56 Å². The van der Waals surface area contributed by atoms with Crippen LogP contribution in [0.2, 0.25) is 0 Å². The average Bonchev–Trinajstić information content (AvgIpc) is 2.61. The van der Waals surface area contributed by atoms with Crippen molar-refractivity contribution in [2.45, 2.75) is 71.6 Å². The summed E-state index contributed by atoms with van der Waals surface area (Å²) in [6.45, 7) is 6.77. The minimum absolute atomic E-state index is 0.226. The molecule has 0 aliphatic carbocycles. The van der Waals surface area contributed by atoms with Crippen LogP contribution in [-0.4, -0.2) is 30.4 Å². The Morgan fingerprint density at radius 1 is 1.15 bits per heavy atom. The third-order valence-electron chi connectivity index (χ3n) is 4.06. The molecule has 152 valence electrons. The van der Waals surface area contributed by atoms with Gasteiger partial charge in [0.05, 0.1) is 12.0 Å². The molecular weight excluding hydrogens is 349 g/mol. The van der Waals surface area contributed by atoms with Crippen LogP contribution in [0.1, 0.15) is 58.9 Å². The van der Waals surface area contributed by atoms with E-state index >= 15 is 0 Å². The van der Waals surface area contributed by atoms with Gasteiger partial charge in [-0.25, -0.2) is 9.18 Å². The van der Waals surface area contributed by atoms with E-state index in [1.807, 2.05) is 37.3 Å². The molecule has 0 aromatic heterocycles. The van der Waals surface area contributed by atoms with Crippen molar-refractivity contribution in [2.24, 2.45) is 5.92 Å². The summed E-state index contributed by atoms with van der Waals surface area (Å²) in [6.07, 6.45) is 1.69. The number of benzene rings is 1. The summed E-state index contributed by atoms with van der Waals surface area (Å²) in [5.41, 5.74) is 0.320. The van der Waals surface area contributed by atoms with E-state index in [0.29, 0.717) is 25.7 Å². The summed E-state index contributed by atoms with van der Waals surface area (Å²) in [6, 6.07) is 8.90. The predicted molar refractivity (Wildman–Crippen MR) is 103 cm³/mol. The van der Waals surface area contributed by atoms with Crippen LogP contribution in [0.25, 0.3) is 0 Å². The van der Waals surface area contributed by atoms with Crippen LogP contribution in [0.5, 0.6) is 0 Å².